The van der Waals surface area contributed by atoms with Crippen LogP contribution in [0.3, 0.4) is 0 Å². The van der Waals surface area contributed by atoms with Crippen molar-refractivity contribution >= 4 is 0 Å². The second-order valence-corrected chi connectivity index (χ2v) is 5.38. The molecule has 15 heavy (non-hydrogen) atoms. The smallest absolute Gasteiger partial charge is 0.000966 e. The van der Waals surface area contributed by atoms with Crippen LogP contribution in [0, 0.1) is 12.3 Å². The van der Waals surface area contributed by atoms with Gasteiger partial charge in [0, 0.05) is 6.54 Å². The molecule has 0 unspecified atom stereocenters. The fourth-order valence-electron chi connectivity index (χ4n) is 3.07. The maximum Gasteiger partial charge on any atom is 0.000966 e. The monoisotopic (exact) mass is 208 g/mol. The van der Waals surface area contributed by atoms with E-state index in [1.54, 1.807) is 0 Å². The van der Waals surface area contributed by atoms with Crippen LogP contribution in [0.5, 0.6) is 0 Å². The van der Waals surface area contributed by atoms with Crippen molar-refractivity contribution in [1.82, 2.24) is 4.90 Å². The fraction of sp³-hybridized carbons (Fsp3) is 0.929. The van der Waals surface area contributed by atoms with Gasteiger partial charge in [0.1, 0.15) is 0 Å². The van der Waals surface area contributed by atoms with Gasteiger partial charge in [0.2, 0.25) is 0 Å². The maximum atomic E-state index is 2.70. The Kier molecular flexibility index (Phi) is 4.98. The van der Waals surface area contributed by atoms with Gasteiger partial charge in [-0.2, -0.15) is 0 Å². The quantitative estimate of drug-likeness (QED) is 0.669. The molecule has 0 aromatic heterocycles. The van der Waals surface area contributed by atoms with Gasteiger partial charge in [-0.25, -0.2) is 0 Å². The highest BCUT2D eigenvalue weighted by Gasteiger charge is 2.17. The van der Waals surface area contributed by atoms with Crippen molar-refractivity contribution in [3.63, 3.8) is 0 Å². The van der Waals surface area contributed by atoms with Gasteiger partial charge in [0.05, 0.1) is 0 Å². The van der Waals surface area contributed by atoms with Crippen LogP contribution in [0.25, 0.3) is 0 Å². The Morgan fingerprint density at radius 3 is 2.13 bits per heavy atom. The summed E-state index contributed by atoms with van der Waals surface area (Å²) in [4.78, 5) is 2.70. The summed E-state index contributed by atoms with van der Waals surface area (Å²) in [5.41, 5.74) is 0. The first kappa shape index (κ1) is 11.4. The molecule has 2 fully saturated rings. The zero-order valence-electron chi connectivity index (χ0n) is 10.1. The summed E-state index contributed by atoms with van der Waals surface area (Å²) in [6.07, 6.45) is 15.6. The van der Waals surface area contributed by atoms with Crippen molar-refractivity contribution in [3.05, 3.63) is 6.42 Å². The second-order valence-electron chi connectivity index (χ2n) is 5.38. The van der Waals surface area contributed by atoms with E-state index in [1.807, 2.05) is 0 Å². The van der Waals surface area contributed by atoms with Crippen LogP contribution >= 0.6 is 0 Å². The first-order valence-electron chi connectivity index (χ1n) is 6.99. The normalized spacial score (nSPS) is 27.2. The highest BCUT2D eigenvalue weighted by molar-refractivity contribution is 4.78. The van der Waals surface area contributed by atoms with E-state index in [4.69, 9.17) is 0 Å². The molecule has 2 aliphatic rings. The van der Waals surface area contributed by atoms with Crippen molar-refractivity contribution in [2.75, 3.05) is 19.6 Å². The summed E-state index contributed by atoms with van der Waals surface area (Å²) in [5.74, 6) is 1.02. The van der Waals surface area contributed by atoms with E-state index in [0.717, 1.165) is 5.92 Å². The summed E-state index contributed by atoms with van der Waals surface area (Å²) >= 11 is 0. The number of piperidine rings is 1. The summed E-state index contributed by atoms with van der Waals surface area (Å²) in [7, 11) is 0. The average molecular weight is 208 g/mol. The largest absolute Gasteiger partial charge is 0.303 e. The number of hydrogen-bond acceptors (Lipinski definition) is 1. The Bertz CT molecular complexity index is 153. The lowest BCUT2D eigenvalue weighted by atomic mass is 9.90. The first-order valence-corrected chi connectivity index (χ1v) is 6.99. The van der Waals surface area contributed by atoms with Crippen LogP contribution in [0.4, 0.5) is 0 Å². The highest BCUT2D eigenvalue weighted by atomic mass is 15.1. The van der Waals surface area contributed by atoms with E-state index in [2.05, 4.69) is 11.3 Å². The molecule has 0 atom stereocenters. The van der Waals surface area contributed by atoms with Crippen molar-refractivity contribution in [3.8, 4) is 0 Å². The van der Waals surface area contributed by atoms with Gasteiger partial charge in [-0.1, -0.05) is 32.1 Å². The predicted octanol–water partition coefficient (Wildman–Crippen LogP) is 3.65. The van der Waals surface area contributed by atoms with Crippen molar-refractivity contribution < 1.29 is 0 Å². The molecule has 1 saturated carbocycles. The summed E-state index contributed by atoms with van der Waals surface area (Å²) in [6, 6.07) is 0. The molecule has 1 nitrogen and oxygen atoms in total. The van der Waals surface area contributed by atoms with Gasteiger partial charge in [-0.15, -0.1) is 0 Å². The number of hydrogen-bond donors (Lipinski definition) is 0. The molecule has 0 amide bonds. The molecule has 1 heterocycles. The van der Waals surface area contributed by atoms with E-state index in [-0.39, 0.29) is 0 Å². The van der Waals surface area contributed by atoms with Gasteiger partial charge in [-0.05, 0) is 51.1 Å². The van der Waals surface area contributed by atoms with Gasteiger partial charge >= 0.3 is 0 Å². The third-order valence-corrected chi connectivity index (χ3v) is 4.04. The minimum absolute atomic E-state index is 1.02. The van der Waals surface area contributed by atoms with Gasteiger partial charge in [-0.3, -0.25) is 0 Å². The molecule has 1 aliphatic heterocycles. The molecule has 0 aromatic rings. The standard InChI is InChI=1S/C14H26N/c1-2-5-9-14(10-6-3-1)13-15-11-7-4-8-12-15/h4,14H,1-3,5-13H2. The van der Waals surface area contributed by atoms with Crippen LogP contribution in [0.2, 0.25) is 0 Å². The molecule has 2 rings (SSSR count). The van der Waals surface area contributed by atoms with Gasteiger partial charge in [0.15, 0.2) is 0 Å². The molecule has 1 radical (unpaired) electrons. The lowest BCUT2D eigenvalue weighted by Crippen LogP contribution is -2.34. The van der Waals surface area contributed by atoms with Crippen molar-refractivity contribution in [1.29, 1.82) is 0 Å². The minimum atomic E-state index is 1.02. The Balaban J connectivity index is 1.70. The molecule has 0 aromatic carbocycles. The van der Waals surface area contributed by atoms with E-state index < -0.39 is 0 Å². The van der Waals surface area contributed by atoms with Gasteiger partial charge in [0.25, 0.3) is 0 Å². The van der Waals surface area contributed by atoms with Crippen molar-refractivity contribution in [2.45, 2.75) is 57.8 Å². The summed E-state index contributed by atoms with van der Waals surface area (Å²) in [5, 5.41) is 0. The van der Waals surface area contributed by atoms with E-state index in [9.17, 15) is 0 Å². The number of rotatable bonds is 2. The first-order chi connectivity index (χ1) is 7.45. The van der Waals surface area contributed by atoms with E-state index in [1.165, 1.54) is 77.4 Å². The lowest BCUT2D eigenvalue weighted by Gasteiger charge is -2.31. The molecule has 1 heteroatoms. The van der Waals surface area contributed by atoms with Crippen molar-refractivity contribution in [2.24, 2.45) is 5.92 Å². The Morgan fingerprint density at radius 1 is 0.867 bits per heavy atom. The zero-order chi connectivity index (χ0) is 10.3. The topological polar surface area (TPSA) is 3.24 Å². The molecule has 0 spiro atoms. The molecule has 1 saturated heterocycles. The molecule has 0 bridgehead atoms. The predicted molar refractivity (Wildman–Crippen MR) is 65.8 cm³/mol. The summed E-state index contributed by atoms with van der Waals surface area (Å²) in [6.45, 7) is 4.06. The van der Waals surface area contributed by atoms with Gasteiger partial charge < -0.3 is 4.90 Å². The summed E-state index contributed by atoms with van der Waals surface area (Å²) < 4.78 is 0. The highest BCUT2D eigenvalue weighted by Crippen LogP contribution is 2.24. The third-order valence-electron chi connectivity index (χ3n) is 4.04. The van der Waals surface area contributed by atoms with Crippen LogP contribution < -0.4 is 0 Å². The average Bonchev–Trinajstić information content (AvgIpc) is 2.23. The SMILES string of the molecule is [CH]1CCN(CC2CCCCCCC2)CC1. The third kappa shape index (κ3) is 4.14. The second kappa shape index (κ2) is 6.52. The minimum Gasteiger partial charge on any atom is -0.303 e. The Hall–Kier alpha value is -0.0400. The van der Waals surface area contributed by atoms with Crippen LogP contribution in [0.1, 0.15) is 57.8 Å². The molecular formula is C14H26N. The van der Waals surface area contributed by atoms with Crippen LogP contribution in [0.15, 0.2) is 0 Å². The Labute approximate surface area is 95.2 Å². The Morgan fingerprint density at radius 2 is 1.47 bits per heavy atom. The molecule has 1 aliphatic carbocycles. The lowest BCUT2D eigenvalue weighted by molar-refractivity contribution is 0.196. The number of nitrogens with zero attached hydrogens (tertiary/aromatic N) is 1. The number of likely N-dealkylation sites (tertiary alicyclic amines) is 1. The maximum absolute atomic E-state index is 2.70. The fourth-order valence-corrected chi connectivity index (χ4v) is 3.07. The van der Waals surface area contributed by atoms with E-state index >= 15 is 0 Å². The van der Waals surface area contributed by atoms with Crippen LogP contribution in [-0.4, -0.2) is 24.5 Å². The molecule has 87 valence electrons. The zero-order valence-corrected chi connectivity index (χ0v) is 10.1. The molecular weight excluding hydrogens is 182 g/mol. The van der Waals surface area contributed by atoms with E-state index in [0.29, 0.717) is 0 Å². The molecule has 0 N–H and O–H groups in total. The van der Waals surface area contributed by atoms with Crippen LogP contribution in [-0.2, 0) is 0 Å².